The van der Waals surface area contributed by atoms with Crippen molar-refractivity contribution < 1.29 is 10.3 Å². The van der Waals surface area contributed by atoms with Gasteiger partial charge >= 0.3 is 0 Å². The molecule has 1 heterocycles. The smallest absolute Gasteiger partial charge is 0.174 e. The van der Waals surface area contributed by atoms with E-state index in [4.69, 9.17) is 10.9 Å². The molecule has 0 aliphatic rings. The van der Waals surface area contributed by atoms with Crippen molar-refractivity contribution in [3.8, 4) is 0 Å². The number of oxime groups is 1. The fraction of sp³-hybridized carbons (Fsp3) is 0.538. The third kappa shape index (κ3) is 2.96. The number of aliphatic hydroxyl groups excluding tert-OH is 1. The Balaban J connectivity index is 3.49. The summed E-state index contributed by atoms with van der Waals surface area (Å²) in [6.07, 6.45) is 0. The molecule has 0 aliphatic carbocycles. The van der Waals surface area contributed by atoms with Crippen LogP contribution in [0.2, 0.25) is 0 Å². The van der Waals surface area contributed by atoms with E-state index < -0.39 is 5.54 Å². The highest BCUT2D eigenvalue weighted by molar-refractivity contribution is 6.02. The maximum absolute atomic E-state index is 9.47. The highest BCUT2D eigenvalue weighted by atomic mass is 16.4. The highest BCUT2D eigenvalue weighted by Gasteiger charge is 2.27. The molecule has 1 aromatic heterocycles. The second-order valence-corrected chi connectivity index (χ2v) is 5.29. The van der Waals surface area contributed by atoms with Crippen molar-refractivity contribution in [2.45, 2.75) is 33.2 Å². The first-order chi connectivity index (χ1) is 8.74. The van der Waals surface area contributed by atoms with Crippen LogP contribution in [0.25, 0.3) is 0 Å². The second-order valence-electron chi connectivity index (χ2n) is 5.29. The monoisotopic (exact) mass is 266 g/mol. The van der Waals surface area contributed by atoms with Crippen molar-refractivity contribution >= 4 is 11.7 Å². The number of hydrogen-bond acceptors (Lipinski definition) is 5. The Morgan fingerprint density at radius 1 is 1.47 bits per heavy atom. The van der Waals surface area contributed by atoms with Crippen LogP contribution in [0.1, 0.15) is 30.7 Å². The van der Waals surface area contributed by atoms with E-state index in [0.717, 1.165) is 11.3 Å². The van der Waals surface area contributed by atoms with Crippen LogP contribution < -0.4 is 10.6 Å². The summed E-state index contributed by atoms with van der Waals surface area (Å²) in [7, 11) is 1.82. The summed E-state index contributed by atoms with van der Waals surface area (Å²) in [5, 5.41) is 21.5. The third-order valence-electron chi connectivity index (χ3n) is 3.30. The van der Waals surface area contributed by atoms with Gasteiger partial charge in [0.25, 0.3) is 0 Å². The van der Waals surface area contributed by atoms with E-state index in [1.165, 1.54) is 0 Å². The molecule has 0 bridgehead atoms. The average molecular weight is 266 g/mol. The van der Waals surface area contributed by atoms with Crippen LogP contribution in [-0.4, -0.2) is 40.3 Å². The molecular weight excluding hydrogens is 244 g/mol. The molecule has 19 heavy (non-hydrogen) atoms. The molecule has 4 N–H and O–H groups in total. The number of rotatable bonds is 4. The van der Waals surface area contributed by atoms with Crippen molar-refractivity contribution in [2.24, 2.45) is 10.9 Å². The van der Waals surface area contributed by atoms with Crippen LogP contribution in [0.3, 0.4) is 0 Å². The topological polar surface area (TPSA) is 95.0 Å². The van der Waals surface area contributed by atoms with Gasteiger partial charge in [-0.2, -0.15) is 0 Å². The maximum atomic E-state index is 9.47. The number of hydrogen-bond donors (Lipinski definition) is 3. The lowest BCUT2D eigenvalue weighted by atomic mass is 10.0. The first-order valence-electron chi connectivity index (χ1n) is 6.05. The Bertz CT molecular complexity index is 498. The average Bonchev–Trinajstić information content (AvgIpc) is 2.36. The second kappa shape index (κ2) is 5.44. The van der Waals surface area contributed by atoms with Gasteiger partial charge in [0, 0.05) is 12.7 Å². The van der Waals surface area contributed by atoms with Crippen molar-refractivity contribution in [3.63, 3.8) is 0 Å². The lowest BCUT2D eigenvalue weighted by Crippen LogP contribution is -2.46. The Kier molecular flexibility index (Phi) is 4.36. The number of likely N-dealkylation sites (N-methyl/N-ethyl adjacent to an activating group) is 1. The van der Waals surface area contributed by atoms with Gasteiger partial charge in [0.15, 0.2) is 5.84 Å². The maximum Gasteiger partial charge on any atom is 0.174 e. The fourth-order valence-electron chi connectivity index (χ4n) is 1.82. The normalized spacial score (nSPS) is 12.6. The van der Waals surface area contributed by atoms with E-state index in [9.17, 15) is 5.11 Å². The predicted molar refractivity (Wildman–Crippen MR) is 75.8 cm³/mol. The van der Waals surface area contributed by atoms with Crippen LogP contribution in [0.15, 0.2) is 11.2 Å². The molecule has 0 unspecified atom stereocenters. The Morgan fingerprint density at radius 2 is 2.05 bits per heavy atom. The molecule has 0 saturated carbocycles. The summed E-state index contributed by atoms with van der Waals surface area (Å²) in [5.74, 6) is 0.604. The lowest BCUT2D eigenvalue weighted by Gasteiger charge is -2.36. The summed E-state index contributed by atoms with van der Waals surface area (Å²) < 4.78 is 0. The van der Waals surface area contributed by atoms with Crippen molar-refractivity contribution in [1.29, 1.82) is 0 Å². The van der Waals surface area contributed by atoms with Crippen molar-refractivity contribution in [2.75, 3.05) is 18.6 Å². The molecule has 0 aliphatic heterocycles. The molecule has 6 heteroatoms. The first kappa shape index (κ1) is 15.2. The number of amidine groups is 1. The molecular formula is C13H22N4O2. The molecule has 6 nitrogen and oxygen atoms in total. The zero-order valence-corrected chi connectivity index (χ0v) is 12.1. The molecule has 0 radical (unpaired) electrons. The zero-order chi connectivity index (χ0) is 14.8. The number of anilines is 1. The Morgan fingerprint density at radius 3 is 2.53 bits per heavy atom. The molecule has 1 aromatic rings. The summed E-state index contributed by atoms with van der Waals surface area (Å²) in [6.45, 7) is 7.51. The van der Waals surface area contributed by atoms with E-state index in [2.05, 4.69) is 10.1 Å². The molecule has 1 rings (SSSR count). The summed E-state index contributed by atoms with van der Waals surface area (Å²) in [6, 6.07) is 1.87. The SMILES string of the molecule is Cc1cc(C)c(/C(N)=N/O)c(N(C)C(C)(C)CO)n1. The number of pyridine rings is 1. The molecule has 106 valence electrons. The van der Waals surface area contributed by atoms with Gasteiger partial charge in [-0.05, 0) is 39.3 Å². The standard InChI is InChI=1S/C13H22N4O2/c1-8-6-9(2)15-12(10(8)11(14)16-19)17(5)13(3,4)7-18/h6,18-19H,7H2,1-5H3,(H2,14,16). The van der Waals surface area contributed by atoms with Gasteiger partial charge in [-0.3, -0.25) is 0 Å². The van der Waals surface area contributed by atoms with Gasteiger partial charge in [-0.25, -0.2) is 4.98 Å². The quantitative estimate of drug-likeness (QED) is 0.327. The minimum atomic E-state index is -0.502. The predicted octanol–water partition coefficient (Wildman–Crippen LogP) is 1.00. The summed E-state index contributed by atoms with van der Waals surface area (Å²) in [5.41, 5.74) is 7.53. The molecule has 0 amide bonds. The molecule has 0 fully saturated rings. The number of nitrogens with two attached hydrogens (primary N) is 1. The number of aryl methyl sites for hydroxylation is 2. The van der Waals surface area contributed by atoms with Gasteiger partial charge in [0.1, 0.15) is 5.82 Å². The van der Waals surface area contributed by atoms with Crippen LogP contribution in [-0.2, 0) is 0 Å². The minimum Gasteiger partial charge on any atom is -0.409 e. The largest absolute Gasteiger partial charge is 0.409 e. The van der Waals surface area contributed by atoms with Gasteiger partial charge < -0.3 is 20.9 Å². The zero-order valence-electron chi connectivity index (χ0n) is 12.1. The van der Waals surface area contributed by atoms with Crippen molar-refractivity contribution in [3.05, 3.63) is 22.9 Å². The lowest BCUT2D eigenvalue weighted by molar-refractivity contribution is 0.215. The van der Waals surface area contributed by atoms with E-state index >= 15 is 0 Å². The molecule has 0 saturated heterocycles. The van der Waals surface area contributed by atoms with Crippen LogP contribution >= 0.6 is 0 Å². The molecule has 0 spiro atoms. The van der Waals surface area contributed by atoms with Gasteiger partial charge in [-0.1, -0.05) is 5.16 Å². The van der Waals surface area contributed by atoms with Crippen molar-refractivity contribution in [1.82, 2.24) is 4.98 Å². The van der Waals surface area contributed by atoms with E-state index in [-0.39, 0.29) is 12.4 Å². The van der Waals surface area contributed by atoms with Crippen LogP contribution in [0, 0.1) is 13.8 Å². The minimum absolute atomic E-state index is 0.0144. The Hall–Kier alpha value is -1.82. The molecule has 0 aromatic carbocycles. The first-order valence-corrected chi connectivity index (χ1v) is 6.05. The van der Waals surface area contributed by atoms with E-state index in [1.807, 2.05) is 45.7 Å². The number of nitrogens with zero attached hydrogens (tertiary/aromatic N) is 3. The summed E-state index contributed by atoms with van der Waals surface area (Å²) >= 11 is 0. The number of aromatic nitrogens is 1. The van der Waals surface area contributed by atoms with Crippen LogP contribution in [0.4, 0.5) is 5.82 Å². The van der Waals surface area contributed by atoms with Gasteiger partial charge in [-0.15, -0.1) is 0 Å². The van der Waals surface area contributed by atoms with Gasteiger partial charge in [0.2, 0.25) is 0 Å². The number of aliphatic hydroxyl groups is 1. The Labute approximate surface area is 113 Å². The highest BCUT2D eigenvalue weighted by Crippen LogP contribution is 2.26. The fourth-order valence-corrected chi connectivity index (χ4v) is 1.82. The van der Waals surface area contributed by atoms with Crippen LogP contribution in [0.5, 0.6) is 0 Å². The van der Waals surface area contributed by atoms with Gasteiger partial charge in [0.05, 0.1) is 17.7 Å². The third-order valence-corrected chi connectivity index (χ3v) is 3.30. The van der Waals surface area contributed by atoms with E-state index in [0.29, 0.717) is 11.4 Å². The summed E-state index contributed by atoms with van der Waals surface area (Å²) in [4.78, 5) is 6.29. The van der Waals surface area contributed by atoms with E-state index in [1.54, 1.807) is 0 Å². The molecule has 0 atom stereocenters.